The van der Waals surface area contributed by atoms with Gasteiger partial charge in [-0.15, -0.1) is 0 Å². The third kappa shape index (κ3) is 4.76. The Morgan fingerprint density at radius 1 is 1.17 bits per heavy atom. The Morgan fingerprint density at radius 2 is 2.00 bits per heavy atom. The van der Waals surface area contributed by atoms with E-state index in [-0.39, 0.29) is 0 Å². The van der Waals surface area contributed by atoms with Gasteiger partial charge in [-0.05, 0) is 62.5 Å². The minimum Gasteiger partial charge on any atom is -0.317 e. The van der Waals surface area contributed by atoms with Crippen LogP contribution in [0.3, 0.4) is 0 Å². The van der Waals surface area contributed by atoms with Crippen molar-refractivity contribution in [3.8, 4) is 0 Å². The lowest BCUT2D eigenvalue weighted by atomic mass is 10.0. The van der Waals surface area contributed by atoms with Gasteiger partial charge in [0.1, 0.15) is 6.33 Å². The average Bonchev–Trinajstić information content (AvgIpc) is 2.87. The van der Waals surface area contributed by atoms with E-state index in [2.05, 4.69) is 39.2 Å². The Bertz CT molecular complexity index is 639. The zero-order valence-corrected chi connectivity index (χ0v) is 15.0. The minimum absolute atomic E-state index is 0.579. The topological polar surface area (TPSA) is 41.1 Å². The summed E-state index contributed by atoms with van der Waals surface area (Å²) in [6.45, 7) is 6.17. The summed E-state index contributed by atoms with van der Waals surface area (Å²) in [4.78, 5) is 10.9. The number of halogens is 1. The summed E-state index contributed by atoms with van der Waals surface area (Å²) >= 11 is 6.12. The summed E-state index contributed by atoms with van der Waals surface area (Å²) in [6.07, 6.45) is 9.07. The number of aromatic nitrogens is 2. The molecule has 24 heavy (non-hydrogen) atoms. The SMILES string of the molecule is Cc1cc(Cl)ccc1CN(Cc1cncnc1)C1CCCNCC1. The Morgan fingerprint density at radius 3 is 2.79 bits per heavy atom. The lowest BCUT2D eigenvalue weighted by molar-refractivity contribution is 0.163. The molecule has 1 aromatic carbocycles. The Labute approximate surface area is 149 Å². The highest BCUT2D eigenvalue weighted by Gasteiger charge is 2.21. The third-order valence-corrected chi connectivity index (χ3v) is 4.97. The Kier molecular flexibility index (Phi) is 6.18. The highest BCUT2D eigenvalue weighted by molar-refractivity contribution is 6.30. The maximum Gasteiger partial charge on any atom is 0.115 e. The van der Waals surface area contributed by atoms with Crippen LogP contribution < -0.4 is 5.32 Å². The van der Waals surface area contributed by atoms with Crippen LogP contribution in [0.1, 0.15) is 36.0 Å². The smallest absolute Gasteiger partial charge is 0.115 e. The number of aryl methyl sites for hydroxylation is 1. The molecule has 3 rings (SSSR count). The van der Waals surface area contributed by atoms with Crippen molar-refractivity contribution in [2.75, 3.05) is 13.1 Å². The maximum absolute atomic E-state index is 6.12. The number of benzene rings is 1. The van der Waals surface area contributed by atoms with E-state index >= 15 is 0 Å². The first-order valence-corrected chi connectivity index (χ1v) is 9.04. The second-order valence-corrected chi connectivity index (χ2v) is 6.99. The number of nitrogens with zero attached hydrogens (tertiary/aromatic N) is 3. The van der Waals surface area contributed by atoms with Crippen LogP contribution in [0.4, 0.5) is 0 Å². The summed E-state index contributed by atoms with van der Waals surface area (Å²) < 4.78 is 0. The van der Waals surface area contributed by atoms with Crippen LogP contribution in [-0.2, 0) is 13.1 Å². The summed E-state index contributed by atoms with van der Waals surface area (Å²) in [5.74, 6) is 0. The van der Waals surface area contributed by atoms with Crippen LogP contribution in [0.5, 0.6) is 0 Å². The Balaban J connectivity index is 1.80. The van der Waals surface area contributed by atoms with Crippen molar-refractivity contribution < 1.29 is 0 Å². The predicted molar refractivity (Wildman–Crippen MR) is 98.0 cm³/mol. The summed E-state index contributed by atoms with van der Waals surface area (Å²) in [5.41, 5.74) is 3.76. The van der Waals surface area contributed by atoms with Crippen molar-refractivity contribution in [1.29, 1.82) is 0 Å². The van der Waals surface area contributed by atoms with Gasteiger partial charge in [-0.3, -0.25) is 4.90 Å². The van der Waals surface area contributed by atoms with E-state index in [1.807, 2.05) is 18.5 Å². The minimum atomic E-state index is 0.579. The lowest BCUT2D eigenvalue weighted by Gasteiger charge is -2.31. The fourth-order valence-electron chi connectivity index (χ4n) is 3.38. The zero-order valence-electron chi connectivity index (χ0n) is 14.2. The van der Waals surface area contributed by atoms with Gasteiger partial charge in [0.2, 0.25) is 0 Å². The maximum atomic E-state index is 6.12. The highest BCUT2D eigenvalue weighted by atomic mass is 35.5. The molecule has 0 bridgehead atoms. The second-order valence-electron chi connectivity index (χ2n) is 6.56. The molecule has 0 spiro atoms. The highest BCUT2D eigenvalue weighted by Crippen LogP contribution is 2.22. The fourth-order valence-corrected chi connectivity index (χ4v) is 3.61. The van der Waals surface area contributed by atoms with Crippen molar-refractivity contribution in [3.63, 3.8) is 0 Å². The van der Waals surface area contributed by atoms with Crippen molar-refractivity contribution in [3.05, 3.63) is 58.6 Å². The molecule has 5 heteroatoms. The zero-order chi connectivity index (χ0) is 16.8. The van der Waals surface area contributed by atoms with Gasteiger partial charge in [-0.25, -0.2) is 9.97 Å². The van der Waals surface area contributed by atoms with Gasteiger partial charge >= 0.3 is 0 Å². The molecule has 1 saturated heterocycles. The summed E-state index contributed by atoms with van der Waals surface area (Å²) in [7, 11) is 0. The molecule has 0 radical (unpaired) electrons. The molecule has 1 aliphatic heterocycles. The first-order chi connectivity index (χ1) is 11.7. The first kappa shape index (κ1) is 17.3. The number of hydrogen-bond acceptors (Lipinski definition) is 4. The fraction of sp³-hybridized carbons (Fsp3) is 0.474. The van der Waals surface area contributed by atoms with Crippen molar-refractivity contribution in [1.82, 2.24) is 20.2 Å². The average molecular weight is 345 g/mol. The van der Waals surface area contributed by atoms with Crippen LogP contribution >= 0.6 is 11.6 Å². The predicted octanol–water partition coefficient (Wildman–Crippen LogP) is 3.58. The van der Waals surface area contributed by atoms with Gasteiger partial charge in [-0.2, -0.15) is 0 Å². The number of hydrogen-bond donors (Lipinski definition) is 1. The molecule has 1 atom stereocenters. The van der Waals surface area contributed by atoms with Crippen LogP contribution in [0, 0.1) is 6.92 Å². The normalized spacial score (nSPS) is 18.5. The Hall–Kier alpha value is -1.49. The van der Waals surface area contributed by atoms with E-state index in [0.29, 0.717) is 6.04 Å². The molecule has 0 saturated carbocycles. The van der Waals surface area contributed by atoms with Gasteiger partial charge in [0.25, 0.3) is 0 Å². The number of rotatable bonds is 5. The van der Waals surface area contributed by atoms with Gasteiger partial charge < -0.3 is 5.32 Å². The van der Waals surface area contributed by atoms with Crippen LogP contribution in [-0.4, -0.2) is 34.0 Å². The van der Waals surface area contributed by atoms with E-state index in [0.717, 1.165) is 31.2 Å². The molecule has 1 fully saturated rings. The van der Waals surface area contributed by atoms with E-state index in [4.69, 9.17) is 11.6 Å². The monoisotopic (exact) mass is 344 g/mol. The largest absolute Gasteiger partial charge is 0.317 e. The molecule has 2 heterocycles. The molecule has 128 valence electrons. The first-order valence-electron chi connectivity index (χ1n) is 8.66. The van der Waals surface area contributed by atoms with Crippen molar-refractivity contribution in [2.45, 2.75) is 45.3 Å². The van der Waals surface area contributed by atoms with E-state index < -0.39 is 0 Å². The molecule has 0 amide bonds. The molecule has 1 unspecified atom stereocenters. The van der Waals surface area contributed by atoms with Crippen LogP contribution in [0.2, 0.25) is 5.02 Å². The van der Waals surface area contributed by atoms with E-state index in [9.17, 15) is 0 Å². The van der Waals surface area contributed by atoms with Crippen molar-refractivity contribution >= 4 is 11.6 Å². The molecule has 1 N–H and O–H groups in total. The molecule has 2 aromatic rings. The standard InChI is InChI=1S/C19H25ClN4/c1-15-9-18(20)5-4-17(15)13-24(12-16-10-22-14-23-11-16)19-3-2-7-21-8-6-19/h4-5,9-11,14,19,21H,2-3,6-8,12-13H2,1H3. The number of nitrogens with one attached hydrogen (secondary N) is 1. The molecule has 0 aliphatic carbocycles. The lowest BCUT2D eigenvalue weighted by Crippen LogP contribution is -2.35. The van der Waals surface area contributed by atoms with Gasteiger partial charge in [-0.1, -0.05) is 17.7 Å². The summed E-state index contributed by atoms with van der Waals surface area (Å²) in [5, 5.41) is 4.31. The van der Waals surface area contributed by atoms with Gasteiger partial charge in [0.15, 0.2) is 0 Å². The second kappa shape index (κ2) is 8.56. The molecular formula is C19H25ClN4. The van der Waals surface area contributed by atoms with Crippen molar-refractivity contribution in [2.24, 2.45) is 0 Å². The van der Waals surface area contributed by atoms with E-state index in [1.165, 1.54) is 36.0 Å². The van der Waals surface area contributed by atoms with Crippen LogP contribution in [0.25, 0.3) is 0 Å². The summed E-state index contributed by atoms with van der Waals surface area (Å²) in [6, 6.07) is 6.77. The quantitative estimate of drug-likeness (QED) is 0.900. The molecule has 4 nitrogen and oxygen atoms in total. The van der Waals surface area contributed by atoms with Crippen LogP contribution in [0.15, 0.2) is 36.9 Å². The van der Waals surface area contributed by atoms with Gasteiger partial charge in [0.05, 0.1) is 0 Å². The third-order valence-electron chi connectivity index (χ3n) is 4.74. The van der Waals surface area contributed by atoms with E-state index in [1.54, 1.807) is 6.33 Å². The molecule has 1 aromatic heterocycles. The molecular weight excluding hydrogens is 320 g/mol. The van der Waals surface area contributed by atoms with Gasteiger partial charge in [0, 0.05) is 42.1 Å². The molecule has 1 aliphatic rings.